The van der Waals surface area contributed by atoms with Gasteiger partial charge in [0.15, 0.2) is 5.69 Å². The number of nitrogens with one attached hydrogen (secondary N) is 2. The normalized spacial score (nSPS) is 16.2. The Labute approximate surface area is 231 Å². The van der Waals surface area contributed by atoms with Gasteiger partial charge in [-0.2, -0.15) is 5.10 Å². The predicted molar refractivity (Wildman–Crippen MR) is 142 cm³/mol. The Bertz CT molecular complexity index is 1630. The van der Waals surface area contributed by atoms with E-state index in [2.05, 4.69) is 30.0 Å². The molecule has 2 aromatic carbocycles. The summed E-state index contributed by atoms with van der Waals surface area (Å²) in [5.41, 5.74) is 1.65. The summed E-state index contributed by atoms with van der Waals surface area (Å²) in [7, 11) is 0. The number of rotatable bonds is 8. The zero-order chi connectivity index (χ0) is 28.6. The van der Waals surface area contributed by atoms with Crippen LogP contribution < -0.4 is 20.9 Å². The zero-order valence-electron chi connectivity index (χ0n) is 21.7. The van der Waals surface area contributed by atoms with Crippen LogP contribution in [0.3, 0.4) is 0 Å². The van der Waals surface area contributed by atoms with E-state index in [1.807, 2.05) is 12.1 Å². The molecule has 13 heteroatoms. The maximum Gasteiger partial charge on any atom is 0.573 e. The van der Waals surface area contributed by atoms with Crippen molar-refractivity contribution in [2.75, 3.05) is 18.0 Å². The Morgan fingerprint density at radius 2 is 1.71 bits per heavy atom. The summed E-state index contributed by atoms with van der Waals surface area (Å²) < 4.78 is 55.2. The molecule has 0 radical (unpaired) electrons. The highest BCUT2D eigenvalue weighted by Crippen LogP contribution is 2.45. The van der Waals surface area contributed by atoms with E-state index in [0.29, 0.717) is 22.6 Å². The van der Waals surface area contributed by atoms with Crippen molar-refractivity contribution in [2.24, 2.45) is 0 Å². The quantitative estimate of drug-likeness (QED) is 0.312. The number of aromatic nitrogens is 4. The average Bonchev–Trinajstić information content (AvgIpc) is 3.71. The van der Waals surface area contributed by atoms with Crippen LogP contribution in [0.15, 0.2) is 62.6 Å². The lowest BCUT2D eigenvalue weighted by molar-refractivity contribution is -0.274. The first kappa shape index (κ1) is 26.8. The minimum Gasteiger partial charge on any atom is -0.405 e. The molecule has 10 nitrogen and oxygen atoms in total. The lowest BCUT2D eigenvalue weighted by Gasteiger charge is -2.33. The molecule has 4 aromatic rings. The van der Waals surface area contributed by atoms with Crippen molar-refractivity contribution in [2.45, 2.75) is 50.7 Å². The highest BCUT2D eigenvalue weighted by molar-refractivity contribution is 5.70. The van der Waals surface area contributed by atoms with Gasteiger partial charge in [-0.15, -0.1) is 13.2 Å². The van der Waals surface area contributed by atoms with Crippen molar-refractivity contribution in [3.8, 4) is 28.3 Å². The Hall–Kier alpha value is -4.39. The second kappa shape index (κ2) is 10.9. The molecule has 214 valence electrons. The van der Waals surface area contributed by atoms with Crippen LogP contribution in [0.2, 0.25) is 0 Å². The Morgan fingerprint density at radius 3 is 2.39 bits per heavy atom. The predicted octanol–water partition coefficient (Wildman–Crippen LogP) is 4.74. The number of halogens is 3. The Balaban J connectivity index is 1.12. The summed E-state index contributed by atoms with van der Waals surface area (Å²) in [6, 6.07) is 13.3. The highest BCUT2D eigenvalue weighted by Gasteiger charge is 2.36. The summed E-state index contributed by atoms with van der Waals surface area (Å²) in [6.45, 7) is 1.64. The maximum absolute atomic E-state index is 13.0. The van der Waals surface area contributed by atoms with Crippen molar-refractivity contribution in [1.82, 2.24) is 20.3 Å². The highest BCUT2D eigenvalue weighted by atomic mass is 19.4. The van der Waals surface area contributed by atoms with E-state index in [9.17, 15) is 22.8 Å². The molecule has 0 unspecified atom stereocenters. The van der Waals surface area contributed by atoms with E-state index in [0.717, 1.165) is 44.5 Å². The van der Waals surface area contributed by atoms with Crippen LogP contribution in [0.5, 0.6) is 5.75 Å². The summed E-state index contributed by atoms with van der Waals surface area (Å²) >= 11 is 0. The molecule has 3 heterocycles. The molecule has 2 N–H and O–H groups in total. The number of benzene rings is 2. The monoisotopic (exact) mass is 569 g/mol. The van der Waals surface area contributed by atoms with E-state index in [4.69, 9.17) is 9.26 Å². The third-order valence-corrected chi connectivity index (χ3v) is 7.26. The molecule has 2 aliphatic rings. The van der Waals surface area contributed by atoms with Crippen molar-refractivity contribution in [1.29, 1.82) is 0 Å². The van der Waals surface area contributed by atoms with Gasteiger partial charge in [-0.3, -0.25) is 9.78 Å². The number of piperidine rings is 1. The van der Waals surface area contributed by atoms with Gasteiger partial charge in [-0.05, 0) is 49.9 Å². The van der Waals surface area contributed by atoms with Gasteiger partial charge >= 0.3 is 12.1 Å². The maximum atomic E-state index is 13.0. The topological polar surface area (TPSA) is 126 Å². The number of alkyl halides is 3. The third kappa shape index (κ3) is 6.04. The number of anilines is 1. The smallest absolute Gasteiger partial charge is 0.405 e. The van der Waals surface area contributed by atoms with E-state index in [1.165, 1.54) is 18.2 Å². The van der Waals surface area contributed by atoms with E-state index in [1.54, 1.807) is 18.2 Å². The standard InChI is InChI=1S/C28H26F3N5O5/c29-28(30,31)40-22-4-2-1-3-20(22)24-21(25(41-35-24)17-5-6-17)15-39-19-11-13-36(14-12-19)18-9-7-16(8-10-18)23-26(37)32-27(38)34-33-23/h1-4,7-10,17,19H,5-6,11-15H2,(H2,32,34,37,38). The lowest BCUT2D eigenvalue weighted by atomic mass is 10.0. The number of hydrogen-bond acceptors (Lipinski definition) is 8. The second-order valence-corrected chi connectivity index (χ2v) is 10.1. The Morgan fingerprint density at radius 1 is 0.976 bits per heavy atom. The number of ether oxygens (including phenoxy) is 2. The van der Waals surface area contributed by atoms with Crippen molar-refractivity contribution in [3.63, 3.8) is 0 Å². The molecule has 1 saturated carbocycles. The lowest BCUT2D eigenvalue weighted by Crippen LogP contribution is -2.37. The molecule has 1 aliphatic heterocycles. The molecule has 0 bridgehead atoms. The van der Waals surface area contributed by atoms with Crippen LogP contribution in [0.25, 0.3) is 22.5 Å². The molecular formula is C28H26F3N5O5. The summed E-state index contributed by atoms with van der Waals surface area (Å²) in [5, 5.41) is 10.2. The summed E-state index contributed by atoms with van der Waals surface area (Å²) in [5.74, 6) is 0.518. The van der Waals surface area contributed by atoms with E-state index in [-0.39, 0.29) is 35.6 Å². The van der Waals surface area contributed by atoms with Crippen LogP contribution >= 0.6 is 0 Å². The van der Waals surface area contributed by atoms with Crippen molar-refractivity contribution < 1.29 is 27.2 Å². The number of aromatic amines is 2. The molecule has 1 saturated heterocycles. The van der Waals surface area contributed by atoms with Gasteiger partial charge in [0.05, 0.1) is 12.7 Å². The third-order valence-electron chi connectivity index (χ3n) is 7.26. The van der Waals surface area contributed by atoms with E-state index < -0.39 is 17.6 Å². The average molecular weight is 570 g/mol. The molecule has 0 atom stereocenters. The molecule has 2 fully saturated rings. The van der Waals surface area contributed by atoms with Gasteiger partial charge in [0.1, 0.15) is 17.2 Å². The first-order valence-corrected chi connectivity index (χ1v) is 13.2. The SMILES string of the molecule is O=c1[nH]nc(-c2ccc(N3CCC(OCc4c(-c5ccccc5OC(F)(F)F)noc4C4CC4)CC3)cc2)c(=O)[nH]1. The van der Waals surface area contributed by atoms with Gasteiger partial charge in [-0.25, -0.2) is 9.89 Å². The summed E-state index contributed by atoms with van der Waals surface area (Å²) in [6.07, 6.45) is -1.52. The van der Waals surface area contributed by atoms with Crippen LogP contribution in [-0.4, -0.2) is 45.9 Å². The van der Waals surface area contributed by atoms with Crippen LogP contribution in [0.4, 0.5) is 18.9 Å². The molecule has 2 aromatic heterocycles. The minimum atomic E-state index is -4.83. The number of H-pyrrole nitrogens is 2. The fourth-order valence-electron chi connectivity index (χ4n) is 5.07. The van der Waals surface area contributed by atoms with Crippen LogP contribution in [-0.2, 0) is 11.3 Å². The number of nitrogens with zero attached hydrogens (tertiary/aromatic N) is 3. The number of hydrogen-bond donors (Lipinski definition) is 2. The van der Waals surface area contributed by atoms with Gasteiger partial charge in [0.25, 0.3) is 5.56 Å². The molecule has 0 amide bonds. The first-order chi connectivity index (χ1) is 19.7. The molecule has 1 aliphatic carbocycles. The van der Waals surface area contributed by atoms with Gasteiger partial charge in [-0.1, -0.05) is 29.4 Å². The fraction of sp³-hybridized carbons (Fsp3) is 0.357. The molecule has 0 spiro atoms. The van der Waals surface area contributed by atoms with Gasteiger partial charge in [0.2, 0.25) is 0 Å². The second-order valence-electron chi connectivity index (χ2n) is 10.1. The van der Waals surface area contributed by atoms with Gasteiger partial charge < -0.3 is 18.9 Å². The van der Waals surface area contributed by atoms with Crippen molar-refractivity contribution >= 4 is 5.69 Å². The molecule has 41 heavy (non-hydrogen) atoms. The van der Waals surface area contributed by atoms with E-state index >= 15 is 0 Å². The minimum absolute atomic E-state index is 0.0501. The first-order valence-electron chi connectivity index (χ1n) is 13.2. The van der Waals surface area contributed by atoms with Crippen LogP contribution in [0.1, 0.15) is 42.9 Å². The fourth-order valence-corrected chi connectivity index (χ4v) is 5.07. The zero-order valence-corrected chi connectivity index (χ0v) is 21.7. The van der Waals surface area contributed by atoms with Gasteiger partial charge in [0, 0.05) is 41.4 Å². The molecule has 6 rings (SSSR count). The van der Waals surface area contributed by atoms with Crippen LogP contribution in [0, 0.1) is 0 Å². The Kier molecular flexibility index (Phi) is 7.12. The summed E-state index contributed by atoms with van der Waals surface area (Å²) in [4.78, 5) is 27.6. The van der Waals surface area contributed by atoms with Crippen molar-refractivity contribution in [3.05, 3.63) is 80.7 Å². The number of para-hydroxylation sites is 1. The molecular weight excluding hydrogens is 543 g/mol. The largest absolute Gasteiger partial charge is 0.573 e.